The van der Waals surface area contributed by atoms with Crippen LogP contribution in [0.25, 0.3) is 0 Å². The SMILES string of the molecule is Cc1ccc(CNC(=O)C(C)CN)c(C)c1. The average Bonchev–Trinajstić information content (AvgIpc) is 2.26. The summed E-state index contributed by atoms with van der Waals surface area (Å²) in [7, 11) is 0. The fourth-order valence-corrected chi connectivity index (χ4v) is 1.51. The number of carbonyl (C=O) groups is 1. The van der Waals surface area contributed by atoms with Gasteiger partial charge < -0.3 is 11.1 Å². The van der Waals surface area contributed by atoms with E-state index in [4.69, 9.17) is 5.73 Å². The Morgan fingerprint density at radius 1 is 1.44 bits per heavy atom. The van der Waals surface area contributed by atoms with Crippen molar-refractivity contribution >= 4 is 5.91 Å². The number of nitrogens with two attached hydrogens (primary N) is 1. The van der Waals surface area contributed by atoms with Crippen molar-refractivity contribution in [2.24, 2.45) is 11.7 Å². The Morgan fingerprint density at radius 2 is 2.12 bits per heavy atom. The Morgan fingerprint density at radius 3 is 2.69 bits per heavy atom. The van der Waals surface area contributed by atoms with Gasteiger partial charge >= 0.3 is 0 Å². The number of aryl methyl sites for hydroxylation is 2. The Bertz CT molecular complexity index is 374. The van der Waals surface area contributed by atoms with Crippen LogP contribution in [0, 0.1) is 19.8 Å². The third-order valence-corrected chi connectivity index (χ3v) is 2.75. The summed E-state index contributed by atoms with van der Waals surface area (Å²) in [6.07, 6.45) is 0. The van der Waals surface area contributed by atoms with Crippen molar-refractivity contribution in [2.75, 3.05) is 6.54 Å². The van der Waals surface area contributed by atoms with E-state index in [0.29, 0.717) is 13.1 Å². The van der Waals surface area contributed by atoms with Crippen LogP contribution in [0.4, 0.5) is 0 Å². The Balaban J connectivity index is 2.58. The largest absolute Gasteiger partial charge is 0.352 e. The number of rotatable bonds is 4. The molecule has 1 unspecified atom stereocenters. The third-order valence-electron chi connectivity index (χ3n) is 2.75. The Labute approximate surface area is 97.0 Å². The lowest BCUT2D eigenvalue weighted by atomic mass is 10.1. The molecule has 3 N–H and O–H groups in total. The van der Waals surface area contributed by atoms with Crippen LogP contribution in [0.3, 0.4) is 0 Å². The molecule has 3 nitrogen and oxygen atoms in total. The second kappa shape index (κ2) is 5.66. The van der Waals surface area contributed by atoms with E-state index in [2.05, 4.69) is 37.4 Å². The van der Waals surface area contributed by atoms with Gasteiger partial charge in [0.2, 0.25) is 5.91 Å². The maximum absolute atomic E-state index is 11.5. The van der Waals surface area contributed by atoms with Gasteiger partial charge in [0.05, 0.1) is 0 Å². The smallest absolute Gasteiger partial charge is 0.224 e. The first-order valence-electron chi connectivity index (χ1n) is 5.58. The molecule has 0 fully saturated rings. The minimum absolute atomic E-state index is 0.0162. The van der Waals surface area contributed by atoms with Gasteiger partial charge in [0.15, 0.2) is 0 Å². The van der Waals surface area contributed by atoms with E-state index in [9.17, 15) is 4.79 Å². The highest BCUT2D eigenvalue weighted by atomic mass is 16.1. The molecule has 0 bridgehead atoms. The topological polar surface area (TPSA) is 55.1 Å². The van der Waals surface area contributed by atoms with Crippen LogP contribution in [0.1, 0.15) is 23.6 Å². The van der Waals surface area contributed by atoms with E-state index in [1.165, 1.54) is 11.1 Å². The van der Waals surface area contributed by atoms with Crippen molar-refractivity contribution in [1.29, 1.82) is 0 Å². The molecule has 88 valence electrons. The highest BCUT2D eigenvalue weighted by molar-refractivity contribution is 5.78. The molecule has 1 atom stereocenters. The molecule has 0 aliphatic heterocycles. The van der Waals surface area contributed by atoms with Crippen LogP contribution in [0.15, 0.2) is 18.2 Å². The highest BCUT2D eigenvalue weighted by Crippen LogP contribution is 2.10. The van der Waals surface area contributed by atoms with Crippen LogP contribution < -0.4 is 11.1 Å². The minimum atomic E-state index is -0.120. The lowest BCUT2D eigenvalue weighted by Crippen LogP contribution is -2.32. The quantitative estimate of drug-likeness (QED) is 0.808. The number of benzene rings is 1. The maximum atomic E-state index is 11.5. The Kier molecular flexibility index (Phi) is 4.50. The minimum Gasteiger partial charge on any atom is -0.352 e. The van der Waals surface area contributed by atoms with Gasteiger partial charge in [-0.25, -0.2) is 0 Å². The first-order valence-corrected chi connectivity index (χ1v) is 5.58. The second-order valence-corrected chi connectivity index (χ2v) is 4.28. The van der Waals surface area contributed by atoms with Crippen molar-refractivity contribution in [2.45, 2.75) is 27.3 Å². The van der Waals surface area contributed by atoms with E-state index in [-0.39, 0.29) is 11.8 Å². The van der Waals surface area contributed by atoms with Gasteiger partial charge in [0.25, 0.3) is 0 Å². The van der Waals surface area contributed by atoms with Crippen LogP contribution in [-0.4, -0.2) is 12.5 Å². The zero-order valence-corrected chi connectivity index (χ0v) is 10.2. The Hall–Kier alpha value is -1.35. The van der Waals surface area contributed by atoms with Crippen molar-refractivity contribution < 1.29 is 4.79 Å². The first-order chi connectivity index (χ1) is 7.54. The number of carbonyl (C=O) groups excluding carboxylic acids is 1. The van der Waals surface area contributed by atoms with Crippen LogP contribution in [-0.2, 0) is 11.3 Å². The average molecular weight is 220 g/mol. The van der Waals surface area contributed by atoms with Crippen molar-refractivity contribution in [3.8, 4) is 0 Å². The van der Waals surface area contributed by atoms with E-state index in [1.807, 2.05) is 6.92 Å². The van der Waals surface area contributed by atoms with Gasteiger partial charge in [-0.2, -0.15) is 0 Å². The zero-order valence-electron chi connectivity index (χ0n) is 10.2. The molecule has 0 saturated heterocycles. The summed E-state index contributed by atoms with van der Waals surface area (Å²) in [4.78, 5) is 11.5. The van der Waals surface area contributed by atoms with Crippen LogP contribution in [0.5, 0.6) is 0 Å². The molecular formula is C13H20N2O. The zero-order chi connectivity index (χ0) is 12.1. The number of hydrogen-bond acceptors (Lipinski definition) is 2. The van der Waals surface area contributed by atoms with Gasteiger partial charge in [-0.3, -0.25) is 4.79 Å². The molecule has 16 heavy (non-hydrogen) atoms. The monoisotopic (exact) mass is 220 g/mol. The molecule has 1 amide bonds. The molecule has 0 aromatic heterocycles. The summed E-state index contributed by atoms with van der Waals surface area (Å²) in [6.45, 7) is 6.91. The molecule has 1 aromatic carbocycles. The van der Waals surface area contributed by atoms with E-state index in [1.54, 1.807) is 0 Å². The molecule has 0 radical (unpaired) electrons. The van der Waals surface area contributed by atoms with Gasteiger partial charge in [-0.15, -0.1) is 0 Å². The molecule has 0 heterocycles. The molecule has 0 aliphatic carbocycles. The van der Waals surface area contributed by atoms with Crippen molar-refractivity contribution in [3.05, 3.63) is 34.9 Å². The molecule has 1 aromatic rings. The summed E-state index contributed by atoms with van der Waals surface area (Å²) in [5.74, 6) is -0.103. The molecule has 0 aliphatic rings. The lowest BCUT2D eigenvalue weighted by Gasteiger charge is -2.11. The predicted molar refractivity (Wildman–Crippen MR) is 66.0 cm³/mol. The molecule has 0 spiro atoms. The van der Waals surface area contributed by atoms with Gasteiger partial charge in [-0.05, 0) is 25.0 Å². The van der Waals surface area contributed by atoms with Gasteiger partial charge in [0.1, 0.15) is 0 Å². The summed E-state index contributed by atoms with van der Waals surface area (Å²) in [5.41, 5.74) is 9.03. The number of amides is 1. The second-order valence-electron chi connectivity index (χ2n) is 4.28. The molecule has 3 heteroatoms. The summed E-state index contributed by atoms with van der Waals surface area (Å²) >= 11 is 0. The molecule has 1 rings (SSSR count). The normalized spacial score (nSPS) is 12.2. The summed E-state index contributed by atoms with van der Waals surface area (Å²) in [5, 5.41) is 2.89. The van der Waals surface area contributed by atoms with E-state index < -0.39 is 0 Å². The summed E-state index contributed by atoms with van der Waals surface area (Å²) < 4.78 is 0. The van der Waals surface area contributed by atoms with Crippen molar-refractivity contribution in [3.63, 3.8) is 0 Å². The van der Waals surface area contributed by atoms with Gasteiger partial charge in [-0.1, -0.05) is 30.7 Å². The predicted octanol–water partition coefficient (Wildman–Crippen LogP) is 1.51. The summed E-state index contributed by atoms with van der Waals surface area (Å²) in [6, 6.07) is 6.23. The standard InChI is InChI=1S/C13H20N2O/c1-9-4-5-12(10(2)6-9)8-15-13(16)11(3)7-14/h4-6,11H,7-8,14H2,1-3H3,(H,15,16). The fraction of sp³-hybridized carbons (Fsp3) is 0.462. The first kappa shape index (κ1) is 12.7. The highest BCUT2D eigenvalue weighted by Gasteiger charge is 2.10. The van der Waals surface area contributed by atoms with Crippen LogP contribution in [0.2, 0.25) is 0 Å². The van der Waals surface area contributed by atoms with E-state index in [0.717, 1.165) is 5.56 Å². The molecule has 0 saturated carbocycles. The maximum Gasteiger partial charge on any atom is 0.224 e. The van der Waals surface area contributed by atoms with Crippen molar-refractivity contribution in [1.82, 2.24) is 5.32 Å². The third kappa shape index (κ3) is 3.35. The number of nitrogens with one attached hydrogen (secondary N) is 1. The fourth-order valence-electron chi connectivity index (χ4n) is 1.51. The van der Waals surface area contributed by atoms with Gasteiger partial charge in [0, 0.05) is 19.0 Å². The van der Waals surface area contributed by atoms with E-state index >= 15 is 0 Å². The molecular weight excluding hydrogens is 200 g/mol. The van der Waals surface area contributed by atoms with Crippen LogP contribution >= 0.6 is 0 Å². The lowest BCUT2D eigenvalue weighted by molar-refractivity contribution is -0.124. The number of hydrogen-bond donors (Lipinski definition) is 2.